The average Bonchev–Trinajstić information content (AvgIpc) is 2.95. The molecule has 0 aromatic heterocycles. The number of fused-ring (bicyclic) bond motifs is 1. The van der Waals surface area contributed by atoms with Gasteiger partial charge in [0.1, 0.15) is 5.82 Å². The number of amides is 2. The molecule has 0 aliphatic carbocycles. The second-order valence-electron chi connectivity index (χ2n) is 7.94. The van der Waals surface area contributed by atoms with Crippen LogP contribution in [0, 0.1) is 11.7 Å². The van der Waals surface area contributed by atoms with Gasteiger partial charge in [-0.05, 0) is 37.0 Å². The molecule has 152 valence electrons. The number of rotatable bonds is 3. The molecule has 3 aliphatic rings. The first-order valence-corrected chi connectivity index (χ1v) is 10.3. The van der Waals surface area contributed by atoms with Crippen LogP contribution in [0.4, 0.5) is 4.39 Å². The fourth-order valence-corrected chi connectivity index (χ4v) is 4.49. The van der Waals surface area contributed by atoms with Crippen LogP contribution in [0.3, 0.4) is 0 Å². The number of carbonyl (C=O) groups is 2. The molecule has 0 saturated carbocycles. The summed E-state index contributed by atoms with van der Waals surface area (Å²) >= 11 is 0. The Morgan fingerprint density at radius 1 is 1.00 bits per heavy atom. The maximum atomic E-state index is 13.1. The topological polar surface area (TPSA) is 53.1 Å². The van der Waals surface area contributed by atoms with E-state index in [1.165, 1.54) is 12.1 Å². The van der Waals surface area contributed by atoms with Gasteiger partial charge >= 0.3 is 0 Å². The highest BCUT2D eigenvalue weighted by atomic mass is 19.1. The predicted octanol–water partition coefficient (Wildman–Crippen LogP) is 1.50. The molecule has 6 nitrogen and oxygen atoms in total. The standard InChI is InChI=1S/C21H28FN3O3/c22-18-3-1-16(2-4-18)15-25-12-10-23-9-11-24(8-5-19(23)21(25)27)20(26)17-6-13-28-14-7-17/h1-4,17,19H,5-15H2. The van der Waals surface area contributed by atoms with Crippen molar-refractivity contribution in [2.45, 2.75) is 31.8 Å². The van der Waals surface area contributed by atoms with Crippen molar-refractivity contribution in [1.82, 2.24) is 14.7 Å². The van der Waals surface area contributed by atoms with Crippen molar-refractivity contribution in [2.24, 2.45) is 5.92 Å². The van der Waals surface area contributed by atoms with Gasteiger partial charge in [0, 0.05) is 58.4 Å². The van der Waals surface area contributed by atoms with Crippen LogP contribution in [0.2, 0.25) is 0 Å². The lowest BCUT2D eigenvalue weighted by Gasteiger charge is -2.39. The molecule has 28 heavy (non-hydrogen) atoms. The van der Waals surface area contributed by atoms with Crippen molar-refractivity contribution in [3.8, 4) is 0 Å². The molecule has 3 heterocycles. The van der Waals surface area contributed by atoms with Crippen LogP contribution in [0.15, 0.2) is 24.3 Å². The molecular formula is C21H28FN3O3. The molecule has 3 fully saturated rings. The Kier molecular flexibility index (Phi) is 5.92. The molecule has 0 bridgehead atoms. The number of hydrogen-bond acceptors (Lipinski definition) is 4. The van der Waals surface area contributed by atoms with Gasteiger partial charge < -0.3 is 14.5 Å². The Bertz CT molecular complexity index is 705. The van der Waals surface area contributed by atoms with Crippen LogP contribution in [0.5, 0.6) is 0 Å². The Labute approximate surface area is 165 Å². The van der Waals surface area contributed by atoms with E-state index in [4.69, 9.17) is 4.74 Å². The smallest absolute Gasteiger partial charge is 0.240 e. The summed E-state index contributed by atoms with van der Waals surface area (Å²) in [5.74, 6) is 0.141. The summed E-state index contributed by atoms with van der Waals surface area (Å²) < 4.78 is 18.5. The number of piperazine rings is 1. The number of benzene rings is 1. The van der Waals surface area contributed by atoms with Crippen molar-refractivity contribution >= 4 is 11.8 Å². The van der Waals surface area contributed by atoms with Crippen molar-refractivity contribution in [3.05, 3.63) is 35.6 Å². The van der Waals surface area contributed by atoms with Crippen molar-refractivity contribution in [1.29, 1.82) is 0 Å². The number of ether oxygens (including phenoxy) is 1. The zero-order valence-corrected chi connectivity index (χ0v) is 16.2. The summed E-state index contributed by atoms with van der Waals surface area (Å²) in [6.07, 6.45) is 2.27. The van der Waals surface area contributed by atoms with Crippen molar-refractivity contribution < 1.29 is 18.7 Å². The molecule has 0 spiro atoms. The first kappa shape index (κ1) is 19.3. The number of carbonyl (C=O) groups excluding carboxylic acids is 2. The first-order valence-electron chi connectivity index (χ1n) is 10.3. The highest BCUT2D eigenvalue weighted by Gasteiger charge is 2.38. The maximum absolute atomic E-state index is 13.1. The van der Waals surface area contributed by atoms with Crippen LogP contribution >= 0.6 is 0 Å². The lowest BCUT2D eigenvalue weighted by molar-refractivity contribution is -0.142. The molecule has 1 aromatic carbocycles. The highest BCUT2D eigenvalue weighted by molar-refractivity contribution is 5.83. The molecule has 1 atom stereocenters. The molecule has 7 heteroatoms. The van der Waals surface area contributed by atoms with E-state index in [1.54, 1.807) is 12.1 Å². The quantitative estimate of drug-likeness (QED) is 0.786. The van der Waals surface area contributed by atoms with E-state index in [1.807, 2.05) is 9.80 Å². The molecular weight excluding hydrogens is 361 g/mol. The Morgan fingerprint density at radius 2 is 1.71 bits per heavy atom. The van der Waals surface area contributed by atoms with Crippen molar-refractivity contribution in [3.63, 3.8) is 0 Å². The zero-order valence-electron chi connectivity index (χ0n) is 16.2. The van der Waals surface area contributed by atoms with E-state index in [0.29, 0.717) is 45.8 Å². The fourth-order valence-electron chi connectivity index (χ4n) is 4.49. The van der Waals surface area contributed by atoms with Gasteiger partial charge in [-0.1, -0.05) is 12.1 Å². The summed E-state index contributed by atoms with van der Waals surface area (Å²) in [6.45, 7) is 5.39. The first-order chi connectivity index (χ1) is 13.6. The van der Waals surface area contributed by atoms with E-state index < -0.39 is 0 Å². The SMILES string of the molecule is O=C(C1CCOCC1)N1CCC2C(=O)N(Cc3ccc(F)cc3)CCN2CC1. The summed E-state index contributed by atoms with van der Waals surface area (Å²) in [6, 6.07) is 6.16. The summed E-state index contributed by atoms with van der Waals surface area (Å²) in [5.41, 5.74) is 0.938. The van der Waals surface area contributed by atoms with Crippen LogP contribution in [0.1, 0.15) is 24.8 Å². The largest absolute Gasteiger partial charge is 0.381 e. The molecule has 1 aromatic rings. The minimum atomic E-state index is -0.266. The summed E-state index contributed by atoms with van der Waals surface area (Å²) in [4.78, 5) is 31.9. The molecule has 0 radical (unpaired) electrons. The molecule has 1 unspecified atom stereocenters. The molecule has 2 amide bonds. The Morgan fingerprint density at radius 3 is 2.46 bits per heavy atom. The van der Waals surface area contributed by atoms with Gasteiger partial charge in [0.05, 0.1) is 6.04 Å². The second-order valence-corrected chi connectivity index (χ2v) is 7.94. The Hall–Kier alpha value is -1.99. The maximum Gasteiger partial charge on any atom is 0.240 e. The predicted molar refractivity (Wildman–Crippen MR) is 102 cm³/mol. The summed E-state index contributed by atoms with van der Waals surface area (Å²) in [5, 5.41) is 0. The van der Waals surface area contributed by atoms with Gasteiger partial charge in [0.2, 0.25) is 11.8 Å². The minimum Gasteiger partial charge on any atom is -0.381 e. The third-order valence-corrected chi connectivity index (χ3v) is 6.19. The number of nitrogens with zero attached hydrogens (tertiary/aromatic N) is 3. The van der Waals surface area contributed by atoms with E-state index >= 15 is 0 Å². The van der Waals surface area contributed by atoms with Crippen molar-refractivity contribution in [2.75, 3.05) is 45.9 Å². The van der Waals surface area contributed by atoms with Gasteiger partial charge in [-0.3, -0.25) is 14.5 Å². The monoisotopic (exact) mass is 389 g/mol. The average molecular weight is 389 g/mol. The second kappa shape index (κ2) is 8.57. The van der Waals surface area contributed by atoms with E-state index in [0.717, 1.165) is 31.5 Å². The van der Waals surface area contributed by atoms with Crippen LogP contribution in [0.25, 0.3) is 0 Å². The third kappa shape index (κ3) is 4.20. The molecule has 0 N–H and O–H groups in total. The van der Waals surface area contributed by atoms with Crippen LogP contribution < -0.4 is 0 Å². The van der Waals surface area contributed by atoms with Crippen LogP contribution in [-0.4, -0.2) is 78.5 Å². The normalized spacial score (nSPS) is 24.8. The highest BCUT2D eigenvalue weighted by Crippen LogP contribution is 2.23. The van der Waals surface area contributed by atoms with Crippen LogP contribution in [-0.2, 0) is 20.9 Å². The number of hydrogen-bond donors (Lipinski definition) is 0. The number of halogens is 1. The van der Waals surface area contributed by atoms with Gasteiger partial charge in [-0.25, -0.2) is 4.39 Å². The molecule has 3 aliphatic heterocycles. The lowest BCUT2D eigenvalue weighted by atomic mass is 9.98. The molecule has 4 rings (SSSR count). The van der Waals surface area contributed by atoms with Gasteiger partial charge in [0.25, 0.3) is 0 Å². The third-order valence-electron chi connectivity index (χ3n) is 6.19. The zero-order chi connectivity index (χ0) is 19.5. The Balaban J connectivity index is 1.37. The van der Waals surface area contributed by atoms with E-state index in [2.05, 4.69) is 4.90 Å². The molecule has 3 saturated heterocycles. The van der Waals surface area contributed by atoms with E-state index in [9.17, 15) is 14.0 Å². The van der Waals surface area contributed by atoms with Gasteiger partial charge in [-0.2, -0.15) is 0 Å². The van der Waals surface area contributed by atoms with E-state index in [-0.39, 0.29) is 29.6 Å². The van der Waals surface area contributed by atoms with Gasteiger partial charge in [0.15, 0.2) is 0 Å². The minimum absolute atomic E-state index is 0.0644. The van der Waals surface area contributed by atoms with Gasteiger partial charge in [-0.15, -0.1) is 0 Å². The fraction of sp³-hybridized carbons (Fsp3) is 0.619. The summed E-state index contributed by atoms with van der Waals surface area (Å²) in [7, 11) is 0. The lowest BCUT2D eigenvalue weighted by Crippen LogP contribution is -2.56.